The van der Waals surface area contributed by atoms with Gasteiger partial charge < -0.3 is 20.1 Å². The van der Waals surface area contributed by atoms with E-state index in [1.807, 2.05) is 6.07 Å². The molecule has 1 aromatic rings. The number of fused-ring (bicyclic) bond motifs is 1. The molecule has 4 rings (SSSR count). The molecule has 27 heavy (non-hydrogen) atoms. The molecule has 5 nitrogen and oxygen atoms in total. The minimum atomic E-state index is -0.235. The molecule has 2 N–H and O–H groups in total. The molecule has 1 saturated heterocycles. The van der Waals surface area contributed by atoms with Crippen molar-refractivity contribution in [2.75, 3.05) is 26.3 Å². The van der Waals surface area contributed by atoms with Crippen molar-refractivity contribution in [1.29, 1.82) is 0 Å². The van der Waals surface area contributed by atoms with E-state index in [2.05, 4.69) is 22.8 Å². The van der Waals surface area contributed by atoms with E-state index in [-0.39, 0.29) is 23.9 Å². The molecule has 1 aromatic carbocycles. The molecule has 1 amide bonds. The fourth-order valence-corrected chi connectivity index (χ4v) is 4.64. The number of hydrogen-bond donors (Lipinski definition) is 2. The van der Waals surface area contributed by atoms with Crippen LogP contribution in [0.5, 0.6) is 11.5 Å². The Labute approximate surface area is 168 Å². The van der Waals surface area contributed by atoms with E-state index in [1.54, 1.807) is 0 Å². The Hall–Kier alpha value is -1.46. The molecule has 150 valence electrons. The van der Waals surface area contributed by atoms with E-state index in [9.17, 15) is 4.79 Å². The summed E-state index contributed by atoms with van der Waals surface area (Å²) < 4.78 is 11.4. The molecule has 0 unspecified atom stereocenters. The SMILES string of the molecule is Cl.O=C(CCC1CCNCC1)NC1(c2ccc3c(c2)OCCO3)CCCC1. The Bertz CT molecular complexity index is 640. The molecule has 1 aliphatic carbocycles. The van der Waals surface area contributed by atoms with E-state index in [4.69, 9.17) is 9.47 Å². The first-order chi connectivity index (χ1) is 12.8. The van der Waals surface area contributed by atoms with Crippen LogP contribution < -0.4 is 20.1 Å². The molecule has 0 spiro atoms. The number of amides is 1. The number of ether oxygens (including phenoxy) is 2. The number of hydrogen-bond acceptors (Lipinski definition) is 4. The highest BCUT2D eigenvalue weighted by molar-refractivity contribution is 5.85. The summed E-state index contributed by atoms with van der Waals surface area (Å²) in [5, 5.41) is 6.80. The van der Waals surface area contributed by atoms with Crippen molar-refractivity contribution in [3.05, 3.63) is 23.8 Å². The molecule has 0 bridgehead atoms. The van der Waals surface area contributed by atoms with Crippen LogP contribution in [-0.2, 0) is 10.3 Å². The standard InChI is InChI=1S/C21H30N2O3.ClH/c24-20(6-3-16-7-11-22-12-8-16)23-21(9-1-2-10-21)17-4-5-18-19(15-17)26-14-13-25-18;/h4-5,15-16,22H,1-3,6-14H2,(H,23,24);1H. The summed E-state index contributed by atoms with van der Waals surface area (Å²) in [4.78, 5) is 12.7. The van der Waals surface area contributed by atoms with E-state index in [1.165, 1.54) is 12.8 Å². The monoisotopic (exact) mass is 394 g/mol. The van der Waals surface area contributed by atoms with Crippen LogP contribution in [0, 0.1) is 5.92 Å². The first kappa shape index (κ1) is 20.3. The van der Waals surface area contributed by atoms with Gasteiger partial charge in [-0.05, 0) is 68.8 Å². The third kappa shape index (κ3) is 4.69. The number of halogens is 1. The number of carbonyl (C=O) groups is 1. The summed E-state index contributed by atoms with van der Waals surface area (Å²) in [6.07, 6.45) is 8.35. The van der Waals surface area contributed by atoms with Gasteiger partial charge in [-0.15, -0.1) is 12.4 Å². The zero-order chi connectivity index (χ0) is 17.8. The number of carbonyl (C=O) groups excluding carboxylic acids is 1. The van der Waals surface area contributed by atoms with Gasteiger partial charge in [0.1, 0.15) is 13.2 Å². The number of piperidine rings is 1. The van der Waals surface area contributed by atoms with E-state index < -0.39 is 0 Å². The van der Waals surface area contributed by atoms with Gasteiger partial charge in [0.15, 0.2) is 11.5 Å². The zero-order valence-corrected chi connectivity index (χ0v) is 16.7. The quantitative estimate of drug-likeness (QED) is 0.801. The highest BCUT2D eigenvalue weighted by Crippen LogP contribution is 2.42. The molecule has 6 heteroatoms. The smallest absolute Gasteiger partial charge is 0.220 e. The van der Waals surface area contributed by atoms with Gasteiger partial charge in [-0.2, -0.15) is 0 Å². The molecule has 0 aromatic heterocycles. The largest absolute Gasteiger partial charge is 0.486 e. The molecule has 2 heterocycles. The normalized spacial score (nSPS) is 21.3. The Morgan fingerprint density at radius 1 is 1.11 bits per heavy atom. The van der Waals surface area contributed by atoms with Crippen LogP contribution in [0.25, 0.3) is 0 Å². The maximum atomic E-state index is 12.7. The van der Waals surface area contributed by atoms with Crippen LogP contribution >= 0.6 is 12.4 Å². The Morgan fingerprint density at radius 2 is 1.81 bits per heavy atom. The third-order valence-electron chi connectivity index (χ3n) is 6.17. The van der Waals surface area contributed by atoms with Gasteiger partial charge >= 0.3 is 0 Å². The van der Waals surface area contributed by atoms with Crippen molar-refractivity contribution in [3.63, 3.8) is 0 Å². The van der Waals surface area contributed by atoms with Crippen LogP contribution in [0.15, 0.2) is 18.2 Å². The van der Waals surface area contributed by atoms with Gasteiger partial charge in [0.05, 0.1) is 5.54 Å². The van der Waals surface area contributed by atoms with E-state index in [0.29, 0.717) is 25.6 Å². The molecule has 2 fully saturated rings. The van der Waals surface area contributed by atoms with Crippen molar-refractivity contribution in [2.45, 2.75) is 56.9 Å². The van der Waals surface area contributed by atoms with Crippen LogP contribution in [0.1, 0.15) is 56.9 Å². The molecule has 3 aliphatic rings. The maximum Gasteiger partial charge on any atom is 0.220 e. The average Bonchev–Trinajstić information content (AvgIpc) is 3.16. The van der Waals surface area contributed by atoms with Gasteiger partial charge in [0, 0.05) is 6.42 Å². The maximum absolute atomic E-state index is 12.7. The van der Waals surface area contributed by atoms with Crippen molar-refractivity contribution in [1.82, 2.24) is 10.6 Å². The molecular formula is C21H31ClN2O3. The Balaban J connectivity index is 0.00000210. The summed E-state index contributed by atoms with van der Waals surface area (Å²) in [6.45, 7) is 3.37. The summed E-state index contributed by atoms with van der Waals surface area (Å²) in [5.74, 6) is 2.51. The Morgan fingerprint density at radius 3 is 2.56 bits per heavy atom. The molecule has 1 saturated carbocycles. The second kappa shape index (κ2) is 9.16. The second-order valence-corrected chi connectivity index (χ2v) is 7.93. The lowest BCUT2D eigenvalue weighted by Crippen LogP contribution is -2.44. The van der Waals surface area contributed by atoms with Crippen molar-refractivity contribution in [3.8, 4) is 11.5 Å². The van der Waals surface area contributed by atoms with Crippen LogP contribution in [0.4, 0.5) is 0 Å². The lowest BCUT2D eigenvalue weighted by molar-refractivity contribution is -0.123. The number of benzene rings is 1. The van der Waals surface area contributed by atoms with E-state index in [0.717, 1.165) is 62.3 Å². The zero-order valence-electron chi connectivity index (χ0n) is 15.9. The number of rotatable bonds is 5. The fraction of sp³-hybridized carbons (Fsp3) is 0.667. The average molecular weight is 395 g/mol. The lowest BCUT2D eigenvalue weighted by Gasteiger charge is -2.32. The number of nitrogens with one attached hydrogen (secondary N) is 2. The van der Waals surface area contributed by atoms with Gasteiger partial charge in [0.25, 0.3) is 0 Å². The van der Waals surface area contributed by atoms with Gasteiger partial charge in [0.2, 0.25) is 5.91 Å². The first-order valence-corrected chi connectivity index (χ1v) is 10.2. The molecule has 2 aliphatic heterocycles. The minimum Gasteiger partial charge on any atom is -0.486 e. The predicted molar refractivity (Wildman–Crippen MR) is 108 cm³/mol. The fourth-order valence-electron chi connectivity index (χ4n) is 4.64. The second-order valence-electron chi connectivity index (χ2n) is 7.93. The predicted octanol–water partition coefficient (Wildman–Crippen LogP) is 3.54. The summed E-state index contributed by atoms with van der Waals surface area (Å²) in [5.41, 5.74) is 0.926. The lowest BCUT2D eigenvalue weighted by atomic mass is 9.87. The Kier molecular flexibility index (Phi) is 6.88. The highest BCUT2D eigenvalue weighted by atomic mass is 35.5. The molecular weight excluding hydrogens is 364 g/mol. The molecule has 0 radical (unpaired) electrons. The first-order valence-electron chi connectivity index (χ1n) is 10.2. The summed E-state index contributed by atoms with van der Waals surface area (Å²) >= 11 is 0. The van der Waals surface area contributed by atoms with Gasteiger partial charge in [-0.25, -0.2) is 0 Å². The summed E-state index contributed by atoms with van der Waals surface area (Å²) in [6, 6.07) is 6.17. The van der Waals surface area contributed by atoms with Crippen LogP contribution in [-0.4, -0.2) is 32.2 Å². The van der Waals surface area contributed by atoms with Gasteiger partial charge in [-0.1, -0.05) is 18.9 Å². The highest BCUT2D eigenvalue weighted by Gasteiger charge is 2.37. The topological polar surface area (TPSA) is 59.6 Å². The van der Waals surface area contributed by atoms with Crippen LogP contribution in [0.3, 0.4) is 0 Å². The van der Waals surface area contributed by atoms with Crippen LogP contribution in [0.2, 0.25) is 0 Å². The van der Waals surface area contributed by atoms with E-state index >= 15 is 0 Å². The third-order valence-corrected chi connectivity index (χ3v) is 6.17. The molecule has 0 atom stereocenters. The van der Waals surface area contributed by atoms with Crippen molar-refractivity contribution < 1.29 is 14.3 Å². The van der Waals surface area contributed by atoms with Gasteiger partial charge in [-0.3, -0.25) is 4.79 Å². The van der Waals surface area contributed by atoms with Crippen molar-refractivity contribution in [2.24, 2.45) is 5.92 Å². The minimum absolute atomic E-state index is 0. The van der Waals surface area contributed by atoms with Crippen molar-refractivity contribution >= 4 is 18.3 Å². The summed E-state index contributed by atoms with van der Waals surface area (Å²) in [7, 11) is 0.